The predicted octanol–water partition coefficient (Wildman–Crippen LogP) is 4.23. The number of halogens is 2. The molecule has 0 amide bonds. The molecule has 2 N–H and O–H groups in total. The Hall–Kier alpha value is -1.74. The number of hydrogen-bond donors (Lipinski definition) is 2. The minimum atomic E-state index is -0.195. The topological polar surface area (TPSA) is 32.3 Å². The van der Waals surface area contributed by atoms with E-state index in [2.05, 4.69) is 5.32 Å². The third kappa shape index (κ3) is 3.61. The quantitative estimate of drug-likeness (QED) is 0.821. The number of nitrogens with one attached hydrogen (secondary N) is 1. The number of phenols is 1. The van der Waals surface area contributed by atoms with E-state index in [9.17, 15) is 9.50 Å². The Morgan fingerprint density at radius 2 is 2.00 bits per heavy atom. The van der Waals surface area contributed by atoms with E-state index in [0.29, 0.717) is 17.0 Å². The highest BCUT2D eigenvalue weighted by Crippen LogP contribution is 2.26. The molecular formula is C15H15ClFNO. The molecule has 4 heteroatoms. The van der Waals surface area contributed by atoms with Crippen molar-refractivity contribution in [3.8, 4) is 5.75 Å². The Balaban J connectivity index is 2.03. The van der Waals surface area contributed by atoms with Crippen molar-refractivity contribution in [2.24, 2.45) is 0 Å². The van der Waals surface area contributed by atoms with Crippen molar-refractivity contribution >= 4 is 17.3 Å². The van der Waals surface area contributed by atoms with Crippen LogP contribution in [-0.4, -0.2) is 11.1 Å². The lowest BCUT2D eigenvalue weighted by Crippen LogP contribution is -2.18. The van der Waals surface area contributed by atoms with Crippen LogP contribution in [0.4, 0.5) is 10.1 Å². The van der Waals surface area contributed by atoms with Crippen molar-refractivity contribution in [2.75, 3.05) is 5.32 Å². The van der Waals surface area contributed by atoms with E-state index < -0.39 is 0 Å². The number of rotatable bonds is 4. The number of anilines is 1. The van der Waals surface area contributed by atoms with Crippen LogP contribution in [-0.2, 0) is 6.42 Å². The zero-order chi connectivity index (χ0) is 13.8. The SMILES string of the molecule is CC(Cc1ccccc1F)Nc1ccc(O)c(Cl)c1. The van der Waals surface area contributed by atoms with Crippen molar-refractivity contribution in [1.29, 1.82) is 0 Å². The minimum Gasteiger partial charge on any atom is -0.506 e. The van der Waals surface area contributed by atoms with Gasteiger partial charge in [0, 0.05) is 11.7 Å². The summed E-state index contributed by atoms with van der Waals surface area (Å²) < 4.78 is 13.5. The molecule has 100 valence electrons. The van der Waals surface area contributed by atoms with E-state index in [1.54, 1.807) is 24.3 Å². The summed E-state index contributed by atoms with van der Waals surface area (Å²) in [6, 6.07) is 11.7. The highest BCUT2D eigenvalue weighted by molar-refractivity contribution is 6.32. The molecule has 2 nitrogen and oxygen atoms in total. The molecule has 2 aromatic carbocycles. The van der Waals surface area contributed by atoms with Gasteiger partial charge in [-0.3, -0.25) is 0 Å². The lowest BCUT2D eigenvalue weighted by atomic mass is 10.1. The summed E-state index contributed by atoms with van der Waals surface area (Å²) in [5.41, 5.74) is 1.47. The zero-order valence-electron chi connectivity index (χ0n) is 10.5. The summed E-state index contributed by atoms with van der Waals surface area (Å²) in [7, 11) is 0. The molecule has 2 rings (SSSR count). The Bertz CT molecular complexity index is 574. The van der Waals surface area contributed by atoms with Gasteiger partial charge in [0.15, 0.2) is 0 Å². The van der Waals surface area contributed by atoms with Crippen LogP contribution in [0.15, 0.2) is 42.5 Å². The average Bonchev–Trinajstić information content (AvgIpc) is 2.37. The van der Waals surface area contributed by atoms with Crippen LogP contribution in [0.5, 0.6) is 5.75 Å². The molecule has 0 saturated carbocycles. The van der Waals surface area contributed by atoms with Gasteiger partial charge in [-0.05, 0) is 43.2 Å². The fraction of sp³-hybridized carbons (Fsp3) is 0.200. The first-order valence-electron chi connectivity index (χ1n) is 6.04. The maximum absolute atomic E-state index is 13.5. The molecule has 0 heterocycles. The summed E-state index contributed by atoms with van der Waals surface area (Å²) in [5, 5.41) is 12.9. The molecule has 0 aliphatic rings. The van der Waals surface area contributed by atoms with Crippen molar-refractivity contribution in [3.05, 3.63) is 58.9 Å². The number of benzene rings is 2. The van der Waals surface area contributed by atoms with Gasteiger partial charge in [-0.2, -0.15) is 0 Å². The smallest absolute Gasteiger partial charge is 0.134 e. The van der Waals surface area contributed by atoms with Crippen LogP contribution in [0.3, 0.4) is 0 Å². The van der Waals surface area contributed by atoms with E-state index in [-0.39, 0.29) is 17.6 Å². The van der Waals surface area contributed by atoms with Crippen LogP contribution in [0.2, 0.25) is 5.02 Å². The van der Waals surface area contributed by atoms with Crippen molar-refractivity contribution in [1.82, 2.24) is 0 Å². The molecule has 19 heavy (non-hydrogen) atoms. The lowest BCUT2D eigenvalue weighted by molar-refractivity contribution is 0.475. The highest BCUT2D eigenvalue weighted by Gasteiger charge is 2.08. The van der Waals surface area contributed by atoms with Crippen molar-refractivity contribution in [3.63, 3.8) is 0 Å². The molecule has 0 fully saturated rings. The monoisotopic (exact) mass is 279 g/mol. The molecule has 0 aliphatic heterocycles. The van der Waals surface area contributed by atoms with Crippen LogP contribution >= 0.6 is 11.6 Å². The summed E-state index contributed by atoms with van der Waals surface area (Å²) in [5.74, 6) is -0.145. The molecule has 1 atom stereocenters. The Labute approximate surface area is 116 Å². The third-order valence-electron chi connectivity index (χ3n) is 2.84. The first kappa shape index (κ1) is 13.7. The van der Waals surface area contributed by atoms with Gasteiger partial charge in [0.1, 0.15) is 11.6 Å². The molecule has 1 unspecified atom stereocenters. The molecule has 0 aliphatic carbocycles. The lowest BCUT2D eigenvalue weighted by Gasteiger charge is -2.16. The second-order valence-electron chi connectivity index (χ2n) is 4.51. The number of hydrogen-bond acceptors (Lipinski definition) is 2. The second kappa shape index (κ2) is 5.93. The molecule has 0 aromatic heterocycles. The fourth-order valence-corrected chi connectivity index (χ4v) is 2.11. The average molecular weight is 280 g/mol. The minimum absolute atomic E-state index is 0.0500. The summed E-state index contributed by atoms with van der Waals surface area (Å²) in [6.45, 7) is 1.97. The summed E-state index contributed by atoms with van der Waals surface area (Å²) in [6.07, 6.45) is 0.575. The van der Waals surface area contributed by atoms with E-state index in [0.717, 1.165) is 5.69 Å². The molecule has 0 saturated heterocycles. The van der Waals surface area contributed by atoms with Crippen LogP contribution < -0.4 is 5.32 Å². The first-order valence-corrected chi connectivity index (χ1v) is 6.42. The first-order chi connectivity index (χ1) is 9.06. The predicted molar refractivity (Wildman–Crippen MR) is 76.3 cm³/mol. The van der Waals surface area contributed by atoms with Gasteiger partial charge in [0.25, 0.3) is 0 Å². The van der Waals surface area contributed by atoms with Gasteiger partial charge < -0.3 is 10.4 Å². The second-order valence-corrected chi connectivity index (χ2v) is 4.91. The van der Waals surface area contributed by atoms with Gasteiger partial charge in [0.2, 0.25) is 0 Å². The third-order valence-corrected chi connectivity index (χ3v) is 3.15. The normalized spacial score (nSPS) is 12.2. The fourth-order valence-electron chi connectivity index (χ4n) is 1.93. The zero-order valence-corrected chi connectivity index (χ0v) is 11.3. The van der Waals surface area contributed by atoms with E-state index in [4.69, 9.17) is 11.6 Å². The van der Waals surface area contributed by atoms with E-state index in [1.165, 1.54) is 12.1 Å². The van der Waals surface area contributed by atoms with Gasteiger partial charge in [-0.15, -0.1) is 0 Å². The van der Waals surface area contributed by atoms with Gasteiger partial charge in [-0.25, -0.2) is 4.39 Å². The maximum atomic E-state index is 13.5. The van der Waals surface area contributed by atoms with Gasteiger partial charge in [-0.1, -0.05) is 29.8 Å². The highest BCUT2D eigenvalue weighted by atomic mass is 35.5. The Kier molecular flexibility index (Phi) is 4.27. The Morgan fingerprint density at radius 1 is 1.26 bits per heavy atom. The molecule has 0 spiro atoms. The molecular weight excluding hydrogens is 265 g/mol. The number of phenolic OH excluding ortho intramolecular Hbond substituents is 1. The Morgan fingerprint density at radius 3 is 2.68 bits per heavy atom. The summed E-state index contributed by atoms with van der Waals surface area (Å²) >= 11 is 5.83. The van der Waals surface area contributed by atoms with Crippen LogP contribution in [0.1, 0.15) is 12.5 Å². The van der Waals surface area contributed by atoms with E-state index >= 15 is 0 Å². The van der Waals surface area contributed by atoms with Crippen molar-refractivity contribution < 1.29 is 9.50 Å². The molecule has 2 aromatic rings. The molecule has 0 bridgehead atoms. The summed E-state index contributed by atoms with van der Waals surface area (Å²) in [4.78, 5) is 0. The number of aromatic hydroxyl groups is 1. The standard InChI is InChI=1S/C15H15ClFNO/c1-10(8-11-4-2-3-5-14(11)17)18-12-6-7-15(19)13(16)9-12/h2-7,9-10,18-19H,8H2,1H3. The van der Waals surface area contributed by atoms with Crippen LogP contribution in [0.25, 0.3) is 0 Å². The maximum Gasteiger partial charge on any atom is 0.134 e. The van der Waals surface area contributed by atoms with Gasteiger partial charge in [0.05, 0.1) is 5.02 Å². The molecule has 0 radical (unpaired) electrons. The van der Waals surface area contributed by atoms with Crippen molar-refractivity contribution in [2.45, 2.75) is 19.4 Å². The van der Waals surface area contributed by atoms with E-state index in [1.807, 2.05) is 13.0 Å². The largest absolute Gasteiger partial charge is 0.506 e. The van der Waals surface area contributed by atoms with Gasteiger partial charge >= 0.3 is 0 Å². The van der Waals surface area contributed by atoms with Crippen LogP contribution in [0, 0.1) is 5.82 Å².